The van der Waals surface area contributed by atoms with Gasteiger partial charge in [0.05, 0.1) is 10.5 Å². The molecule has 1 radical (unpaired) electrons. The van der Waals surface area contributed by atoms with Crippen molar-refractivity contribution in [3.8, 4) is 0 Å². The summed E-state index contributed by atoms with van der Waals surface area (Å²) in [5.74, 6) is 0. The molecule has 0 N–H and O–H groups in total. The molecular formula is C13H11ClN. The predicted octanol–water partition coefficient (Wildman–Crippen LogP) is 3.57. The van der Waals surface area contributed by atoms with E-state index < -0.39 is 0 Å². The van der Waals surface area contributed by atoms with Gasteiger partial charge in [0, 0.05) is 11.1 Å². The molecule has 1 nitrogen and oxygen atoms in total. The second kappa shape index (κ2) is 3.49. The van der Waals surface area contributed by atoms with Crippen LogP contribution in [0.1, 0.15) is 24.1 Å². The summed E-state index contributed by atoms with van der Waals surface area (Å²) in [6, 6.07) is 9.27. The molecule has 0 spiro atoms. The largest absolute Gasteiger partial charge is 0.252 e. The highest BCUT2D eigenvalue weighted by atomic mass is 35.5. The van der Waals surface area contributed by atoms with Crippen molar-refractivity contribution in [3.05, 3.63) is 40.5 Å². The minimum Gasteiger partial charge on any atom is -0.252 e. The zero-order valence-corrected chi connectivity index (χ0v) is 9.14. The average molecular weight is 217 g/mol. The van der Waals surface area contributed by atoms with E-state index in [2.05, 4.69) is 11.1 Å². The number of nitrogens with zero attached hydrogens (tertiary/aromatic N) is 1. The number of hydrogen-bond donors (Lipinski definition) is 0. The molecule has 1 aromatic heterocycles. The quantitative estimate of drug-likeness (QED) is 0.656. The van der Waals surface area contributed by atoms with E-state index in [1.807, 2.05) is 18.2 Å². The van der Waals surface area contributed by atoms with Gasteiger partial charge in [-0.05, 0) is 49.4 Å². The summed E-state index contributed by atoms with van der Waals surface area (Å²) in [5, 5.41) is 1.73. The lowest BCUT2D eigenvalue weighted by molar-refractivity contribution is 0.670. The molecule has 1 aromatic carbocycles. The fourth-order valence-electron chi connectivity index (χ4n) is 2.17. The second-order valence-corrected chi connectivity index (χ2v) is 4.41. The van der Waals surface area contributed by atoms with E-state index in [1.54, 1.807) is 0 Å². The molecule has 0 unspecified atom stereocenters. The number of benzene rings is 1. The number of hydrogen-bond acceptors (Lipinski definition) is 1. The Hall–Kier alpha value is -1.08. The van der Waals surface area contributed by atoms with Crippen LogP contribution in [0.25, 0.3) is 10.9 Å². The average Bonchev–Trinajstić information content (AvgIpc) is 2.27. The Morgan fingerprint density at radius 3 is 3.00 bits per heavy atom. The molecular weight excluding hydrogens is 206 g/mol. The SMILES string of the molecule is Clc1cccc2nc3c([c]c12)CCCC3. The van der Waals surface area contributed by atoms with E-state index in [-0.39, 0.29) is 0 Å². The Kier molecular flexibility index (Phi) is 2.14. The van der Waals surface area contributed by atoms with Gasteiger partial charge in [-0.1, -0.05) is 17.7 Å². The van der Waals surface area contributed by atoms with Crippen LogP contribution in [0.15, 0.2) is 18.2 Å². The summed E-state index contributed by atoms with van der Waals surface area (Å²) < 4.78 is 0. The van der Waals surface area contributed by atoms with Crippen molar-refractivity contribution >= 4 is 22.5 Å². The maximum Gasteiger partial charge on any atom is 0.0726 e. The molecule has 75 valence electrons. The number of halogens is 1. The first-order chi connectivity index (χ1) is 7.34. The molecule has 1 aliphatic rings. The van der Waals surface area contributed by atoms with E-state index >= 15 is 0 Å². The minimum atomic E-state index is 0.758. The van der Waals surface area contributed by atoms with Gasteiger partial charge in [0.2, 0.25) is 0 Å². The summed E-state index contributed by atoms with van der Waals surface area (Å²) in [7, 11) is 0. The van der Waals surface area contributed by atoms with Crippen molar-refractivity contribution < 1.29 is 0 Å². The maximum absolute atomic E-state index is 6.13. The summed E-state index contributed by atoms with van der Waals surface area (Å²) in [6.07, 6.45) is 4.69. The van der Waals surface area contributed by atoms with E-state index in [4.69, 9.17) is 11.6 Å². The Labute approximate surface area is 94.1 Å². The zero-order valence-electron chi connectivity index (χ0n) is 8.39. The maximum atomic E-state index is 6.13. The number of pyridine rings is 1. The van der Waals surface area contributed by atoms with Crippen molar-refractivity contribution in [1.82, 2.24) is 4.98 Å². The molecule has 2 heteroatoms. The lowest BCUT2D eigenvalue weighted by Gasteiger charge is -2.15. The first-order valence-electron chi connectivity index (χ1n) is 5.34. The third-order valence-electron chi connectivity index (χ3n) is 2.96. The van der Waals surface area contributed by atoms with Crippen molar-refractivity contribution in [2.45, 2.75) is 25.7 Å². The van der Waals surface area contributed by atoms with Gasteiger partial charge in [-0.3, -0.25) is 4.98 Å². The molecule has 3 rings (SSSR count). The summed E-state index contributed by atoms with van der Waals surface area (Å²) >= 11 is 6.13. The molecule has 2 aromatic rings. The van der Waals surface area contributed by atoms with Crippen LogP contribution < -0.4 is 0 Å². The van der Waals surface area contributed by atoms with Crippen LogP contribution in [0.2, 0.25) is 5.02 Å². The number of fused-ring (bicyclic) bond motifs is 2. The summed E-state index contributed by atoms with van der Waals surface area (Å²) in [6.45, 7) is 0. The first kappa shape index (κ1) is 9.17. The molecule has 0 bridgehead atoms. The van der Waals surface area contributed by atoms with Crippen molar-refractivity contribution in [2.24, 2.45) is 0 Å². The molecule has 0 atom stereocenters. The molecule has 0 fully saturated rings. The molecule has 0 saturated heterocycles. The van der Waals surface area contributed by atoms with Crippen LogP contribution in [0.4, 0.5) is 0 Å². The van der Waals surface area contributed by atoms with E-state index in [0.717, 1.165) is 28.8 Å². The number of aromatic nitrogens is 1. The lowest BCUT2D eigenvalue weighted by Crippen LogP contribution is -2.05. The van der Waals surface area contributed by atoms with Crippen LogP contribution in [-0.4, -0.2) is 4.98 Å². The molecule has 15 heavy (non-hydrogen) atoms. The van der Waals surface area contributed by atoms with Crippen molar-refractivity contribution in [1.29, 1.82) is 0 Å². The van der Waals surface area contributed by atoms with Gasteiger partial charge < -0.3 is 0 Å². The third-order valence-corrected chi connectivity index (χ3v) is 3.28. The van der Waals surface area contributed by atoms with Crippen LogP contribution in [0.5, 0.6) is 0 Å². The summed E-state index contributed by atoms with van der Waals surface area (Å²) in [5.41, 5.74) is 3.46. The standard InChI is InChI=1S/C13H11ClN/c14-11-5-3-7-13-10(11)8-9-4-1-2-6-12(9)15-13/h3,5,7H,1-2,4,6H2. The molecule has 0 saturated carbocycles. The minimum absolute atomic E-state index is 0.758. The second-order valence-electron chi connectivity index (χ2n) is 4.00. The Morgan fingerprint density at radius 2 is 2.07 bits per heavy atom. The van der Waals surface area contributed by atoms with E-state index in [1.165, 1.54) is 24.1 Å². The highest BCUT2D eigenvalue weighted by Crippen LogP contribution is 2.27. The van der Waals surface area contributed by atoms with Crippen molar-refractivity contribution in [3.63, 3.8) is 0 Å². The van der Waals surface area contributed by atoms with Gasteiger partial charge in [0.25, 0.3) is 0 Å². The normalized spacial score (nSPS) is 15.3. The molecule has 1 aliphatic carbocycles. The number of rotatable bonds is 0. The van der Waals surface area contributed by atoms with Gasteiger partial charge >= 0.3 is 0 Å². The van der Waals surface area contributed by atoms with E-state index in [9.17, 15) is 0 Å². The van der Waals surface area contributed by atoms with Gasteiger partial charge in [0.1, 0.15) is 0 Å². The first-order valence-corrected chi connectivity index (χ1v) is 5.72. The smallest absolute Gasteiger partial charge is 0.0726 e. The Morgan fingerprint density at radius 1 is 1.20 bits per heavy atom. The van der Waals surface area contributed by atoms with Crippen LogP contribution in [-0.2, 0) is 12.8 Å². The summed E-state index contributed by atoms with van der Waals surface area (Å²) in [4.78, 5) is 4.66. The van der Waals surface area contributed by atoms with Crippen molar-refractivity contribution in [2.75, 3.05) is 0 Å². The fraction of sp³-hybridized carbons (Fsp3) is 0.308. The zero-order chi connectivity index (χ0) is 10.3. The topological polar surface area (TPSA) is 12.9 Å². The van der Waals surface area contributed by atoms with Crippen LogP contribution in [0, 0.1) is 6.07 Å². The van der Waals surface area contributed by atoms with Gasteiger partial charge in [-0.25, -0.2) is 0 Å². The fourth-order valence-corrected chi connectivity index (χ4v) is 2.39. The molecule has 0 aliphatic heterocycles. The number of aryl methyl sites for hydroxylation is 2. The monoisotopic (exact) mass is 216 g/mol. The third kappa shape index (κ3) is 1.51. The van der Waals surface area contributed by atoms with Gasteiger partial charge in [0.15, 0.2) is 0 Å². The highest BCUT2D eigenvalue weighted by molar-refractivity contribution is 6.35. The highest BCUT2D eigenvalue weighted by Gasteiger charge is 2.12. The van der Waals surface area contributed by atoms with Gasteiger partial charge in [-0.15, -0.1) is 0 Å². The Balaban J connectivity index is 2.31. The Bertz CT molecular complexity index is 519. The van der Waals surface area contributed by atoms with E-state index in [0.29, 0.717) is 0 Å². The molecule has 1 heterocycles. The van der Waals surface area contributed by atoms with Crippen LogP contribution >= 0.6 is 11.6 Å². The van der Waals surface area contributed by atoms with Gasteiger partial charge in [-0.2, -0.15) is 0 Å². The lowest BCUT2D eigenvalue weighted by atomic mass is 9.95. The molecule has 0 amide bonds. The van der Waals surface area contributed by atoms with Crippen LogP contribution in [0.3, 0.4) is 0 Å². The predicted molar refractivity (Wildman–Crippen MR) is 62.2 cm³/mol.